The van der Waals surface area contributed by atoms with Crippen molar-refractivity contribution in [2.24, 2.45) is 0 Å². The highest BCUT2D eigenvalue weighted by atomic mass is 16.5. The van der Waals surface area contributed by atoms with Crippen molar-refractivity contribution in [2.75, 3.05) is 33.3 Å². The number of carbonyl (C=O) groups is 1. The number of nitrogens with one attached hydrogen (secondary N) is 2. The van der Waals surface area contributed by atoms with Crippen LogP contribution in [0.1, 0.15) is 32.6 Å². The molecule has 3 atom stereocenters. The van der Waals surface area contributed by atoms with Crippen LogP contribution in [0.3, 0.4) is 0 Å². The summed E-state index contributed by atoms with van der Waals surface area (Å²) in [5.41, 5.74) is 0. The second-order valence-corrected chi connectivity index (χ2v) is 5.75. The van der Waals surface area contributed by atoms with Crippen LogP contribution >= 0.6 is 0 Å². The van der Waals surface area contributed by atoms with E-state index in [1.165, 1.54) is 32.4 Å². The van der Waals surface area contributed by atoms with Crippen molar-refractivity contribution >= 4 is 5.91 Å². The predicted molar refractivity (Wildman–Crippen MR) is 75.1 cm³/mol. The van der Waals surface area contributed by atoms with Gasteiger partial charge in [0, 0.05) is 26.2 Å². The molecule has 0 bridgehead atoms. The number of likely N-dealkylation sites (tertiary alicyclic amines) is 1. The van der Waals surface area contributed by atoms with E-state index in [2.05, 4.69) is 22.5 Å². The quantitative estimate of drug-likeness (QED) is 0.756. The number of ether oxygens (including phenoxy) is 1. The van der Waals surface area contributed by atoms with Gasteiger partial charge in [0.25, 0.3) is 0 Å². The molecule has 0 aromatic rings. The van der Waals surface area contributed by atoms with Gasteiger partial charge in [-0.15, -0.1) is 0 Å². The van der Waals surface area contributed by atoms with E-state index in [9.17, 15) is 4.79 Å². The van der Waals surface area contributed by atoms with Crippen molar-refractivity contribution in [3.63, 3.8) is 0 Å². The lowest BCUT2D eigenvalue weighted by Crippen LogP contribution is -2.48. The minimum absolute atomic E-state index is 0.0847. The Morgan fingerprint density at radius 1 is 1.42 bits per heavy atom. The van der Waals surface area contributed by atoms with Crippen LogP contribution < -0.4 is 10.6 Å². The maximum absolute atomic E-state index is 12.0. The fourth-order valence-corrected chi connectivity index (χ4v) is 2.94. The van der Waals surface area contributed by atoms with Crippen molar-refractivity contribution < 1.29 is 9.53 Å². The molecule has 2 saturated heterocycles. The van der Waals surface area contributed by atoms with E-state index in [4.69, 9.17) is 4.74 Å². The van der Waals surface area contributed by atoms with Gasteiger partial charge in [-0.05, 0) is 39.3 Å². The third-order valence-electron chi connectivity index (χ3n) is 4.33. The van der Waals surface area contributed by atoms with E-state index >= 15 is 0 Å². The number of hydrogen-bond acceptors (Lipinski definition) is 4. The van der Waals surface area contributed by atoms with Crippen LogP contribution in [-0.4, -0.2) is 62.3 Å². The van der Waals surface area contributed by atoms with Crippen molar-refractivity contribution in [3.05, 3.63) is 0 Å². The summed E-state index contributed by atoms with van der Waals surface area (Å²) in [5, 5.41) is 6.28. The summed E-state index contributed by atoms with van der Waals surface area (Å²) in [6.45, 7) is 6.06. The highest BCUT2D eigenvalue weighted by molar-refractivity contribution is 5.82. The molecule has 0 aromatic carbocycles. The normalized spacial score (nSPS) is 30.2. The van der Waals surface area contributed by atoms with Crippen LogP contribution in [0.4, 0.5) is 0 Å². The van der Waals surface area contributed by atoms with Gasteiger partial charge in [0.2, 0.25) is 5.91 Å². The van der Waals surface area contributed by atoms with Crippen LogP contribution in [0.15, 0.2) is 0 Å². The Bertz CT molecular complexity index is 292. The van der Waals surface area contributed by atoms with Gasteiger partial charge < -0.3 is 15.4 Å². The summed E-state index contributed by atoms with van der Waals surface area (Å²) < 4.78 is 5.26. The summed E-state index contributed by atoms with van der Waals surface area (Å²) in [5.74, 6) is 0.114. The molecule has 0 aliphatic carbocycles. The third kappa shape index (κ3) is 4.16. The Labute approximate surface area is 116 Å². The van der Waals surface area contributed by atoms with Gasteiger partial charge in [0.15, 0.2) is 0 Å². The first-order valence-corrected chi connectivity index (χ1v) is 7.48. The Hall–Kier alpha value is -0.650. The fraction of sp³-hybridized carbons (Fsp3) is 0.929. The van der Waals surface area contributed by atoms with Gasteiger partial charge in [0.05, 0.1) is 12.1 Å². The molecular formula is C14H27N3O2. The molecule has 2 N–H and O–H groups in total. The number of amides is 1. The SMILES string of the molecule is COC1CNC(C(=O)NCC(C)N2CCCCC2)C1. The molecule has 19 heavy (non-hydrogen) atoms. The zero-order valence-electron chi connectivity index (χ0n) is 12.2. The molecule has 2 aliphatic heterocycles. The first kappa shape index (κ1) is 14.8. The standard InChI is InChI=1S/C14H27N3O2/c1-11(17-6-4-3-5-7-17)9-16-14(18)13-8-12(19-2)10-15-13/h11-13,15H,3-10H2,1-2H3,(H,16,18). The minimum atomic E-state index is -0.0847. The second kappa shape index (κ2) is 7.22. The van der Waals surface area contributed by atoms with Gasteiger partial charge in [0.1, 0.15) is 0 Å². The lowest BCUT2D eigenvalue weighted by Gasteiger charge is -2.32. The Balaban J connectivity index is 1.68. The molecule has 1 amide bonds. The predicted octanol–water partition coefficient (Wildman–Crippen LogP) is 0.354. The number of hydrogen-bond donors (Lipinski definition) is 2. The lowest BCUT2D eigenvalue weighted by molar-refractivity contribution is -0.123. The molecule has 2 aliphatic rings. The smallest absolute Gasteiger partial charge is 0.237 e. The summed E-state index contributed by atoms with van der Waals surface area (Å²) in [7, 11) is 1.70. The minimum Gasteiger partial charge on any atom is -0.380 e. The van der Waals surface area contributed by atoms with Gasteiger partial charge in [-0.1, -0.05) is 6.42 Å². The summed E-state index contributed by atoms with van der Waals surface area (Å²) in [4.78, 5) is 14.5. The molecule has 0 aromatic heterocycles. The number of rotatable bonds is 5. The van der Waals surface area contributed by atoms with Crippen LogP contribution in [0.25, 0.3) is 0 Å². The monoisotopic (exact) mass is 269 g/mol. The molecule has 0 saturated carbocycles. The molecule has 2 rings (SSSR count). The molecule has 2 heterocycles. The molecule has 0 spiro atoms. The Morgan fingerprint density at radius 2 is 2.16 bits per heavy atom. The van der Waals surface area contributed by atoms with Gasteiger partial charge in [-0.25, -0.2) is 0 Å². The van der Waals surface area contributed by atoms with Crippen molar-refractivity contribution in [2.45, 2.75) is 50.8 Å². The van der Waals surface area contributed by atoms with Crippen LogP contribution in [0.5, 0.6) is 0 Å². The van der Waals surface area contributed by atoms with Gasteiger partial charge in [-0.2, -0.15) is 0 Å². The van der Waals surface area contributed by atoms with Crippen LogP contribution in [-0.2, 0) is 9.53 Å². The zero-order valence-corrected chi connectivity index (χ0v) is 12.2. The van der Waals surface area contributed by atoms with E-state index in [-0.39, 0.29) is 18.1 Å². The summed E-state index contributed by atoms with van der Waals surface area (Å²) >= 11 is 0. The number of piperidine rings is 1. The second-order valence-electron chi connectivity index (χ2n) is 5.75. The molecule has 0 radical (unpaired) electrons. The average molecular weight is 269 g/mol. The molecule has 110 valence electrons. The van der Waals surface area contributed by atoms with E-state index in [0.717, 1.165) is 19.5 Å². The maximum atomic E-state index is 12.0. The van der Waals surface area contributed by atoms with Crippen molar-refractivity contribution in [1.82, 2.24) is 15.5 Å². The molecule has 2 fully saturated rings. The fourth-order valence-electron chi connectivity index (χ4n) is 2.94. The van der Waals surface area contributed by atoms with Crippen molar-refractivity contribution in [3.8, 4) is 0 Å². The third-order valence-corrected chi connectivity index (χ3v) is 4.33. The first-order valence-electron chi connectivity index (χ1n) is 7.48. The highest BCUT2D eigenvalue weighted by Gasteiger charge is 2.29. The van der Waals surface area contributed by atoms with Gasteiger partial charge >= 0.3 is 0 Å². The molecule has 5 heteroatoms. The zero-order chi connectivity index (χ0) is 13.7. The topological polar surface area (TPSA) is 53.6 Å². The van der Waals surface area contributed by atoms with E-state index < -0.39 is 0 Å². The number of nitrogens with zero attached hydrogens (tertiary/aromatic N) is 1. The maximum Gasteiger partial charge on any atom is 0.237 e. The number of carbonyl (C=O) groups excluding carboxylic acids is 1. The van der Waals surface area contributed by atoms with E-state index in [1.807, 2.05) is 0 Å². The van der Waals surface area contributed by atoms with Gasteiger partial charge in [-0.3, -0.25) is 9.69 Å². The summed E-state index contributed by atoms with van der Waals surface area (Å²) in [6, 6.07) is 0.349. The Kier molecular flexibility index (Phi) is 5.60. The van der Waals surface area contributed by atoms with Crippen LogP contribution in [0, 0.1) is 0 Å². The Morgan fingerprint density at radius 3 is 2.79 bits per heavy atom. The molecule has 3 unspecified atom stereocenters. The molecule has 5 nitrogen and oxygen atoms in total. The van der Waals surface area contributed by atoms with Crippen LogP contribution in [0.2, 0.25) is 0 Å². The van der Waals surface area contributed by atoms with E-state index in [0.29, 0.717) is 6.04 Å². The van der Waals surface area contributed by atoms with E-state index in [1.54, 1.807) is 7.11 Å². The average Bonchev–Trinajstić information content (AvgIpc) is 2.94. The van der Waals surface area contributed by atoms with Crippen molar-refractivity contribution in [1.29, 1.82) is 0 Å². The summed E-state index contributed by atoms with van der Waals surface area (Å²) in [6.07, 6.45) is 4.88. The first-order chi connectivity index (χ1) is 9.20. The largest absolute Gasteiger partial charge is 0.380 e. The number of methoxy groups -OCH3 is 1. The lowest BCUT2D eigenvalue weighted by atomic mass is 10.1. The molecular weight excluding hydrogens is 242 g/mol. The highest BCUT2D eigenvalue weighted by Crippen LogP contribution is 2.12.